The highest BCUT2D eigenvalue weighted by molar-refractivity contribution is 6.30. The number of hydrogen-bond donors (Lipinski definition) is 1. The zero-order valence-electron chi connectivity index (χ0n) is 19.7. The SMILES string of the molecule is CCCCOc1cccc(C2C(C#N)=C(N)Oc3cc(OC(=O)COc4cccc(Cl)c4)ccc32)c1. The van der Waals surface area contributed by atoms with Gasteiger partial charge in [-0.25, -0.2) is 4.79 Å². The number of halogens is 1. The quantitative estimate of drug-likeness (QED) is 0.226. The van der Waals surface area contributed by atoms with Crippen LogP contribution in [0.1, 0.15) is 36.8 Å². The number of nitrogens with zero attached hydrogens (tertiary/aromatic N) is 1. The van der Waals surface area contributed by atoms with E-state index in [-0.39, 0.29) is 18.2 Å². The van der Waals surface area contributed by atoms with E-state index in [1.807, 2.05) is 24.3 Å². The summed E-state index contributed by atoms with van der Waals surface area (Å²) in [6.45, 7) is 2.42. The molecule has 0 aromatic heterocycles. The summed E-state index contributed by atoms with van der Waals surface area (Å²) < 4.78 is 22.4. The van der Waals surface area contributed by atoms with Crippen LogP contribution in [0.15, 0.2) is 78.2 Å². The van der Waals surface area contributed by atoms with Gasteiger partial charge in [0.25, 0.3) is 0 Å². The molecule has 184 valence electrons. The summed E-state index contributed by atoms with van der Waals surface area (Å²) in [6, 6.07) is 21.5. The molecule has 8 heteroatoms. The minimum atomic E-state index is -0.597. The lowest BCUT2D eigenvalue weighted by molar-refractivity contribution is -0.136. The third kappa shape index (κ3) is 5.91. The molecule has 3 aromatic rings. The fourth-order valence-corrected chi connectivity index (χ4v) is 4.00. The van der Waals surface area contributed by atoms with Crippen molar-refractivity contribution in [2.75, 3.05) is 13.2 Å². The Morgan fingerprint density at radius 3 is 2.58 bits per heavy atom. The van der Waals surface area contributed by atoms with E-state index in [4.69, 9.17) is 36.3 Å². The number of nitrogens with two attached hydrogens (primary N) is 1. The maximum Gasteiger partial charge on any atom is 0.349 e. The molecular formula is C28H25ClN2O5. The third-order valence-corrected chi connectivity index (χ3v) is 5.77. The predicted octanol–water partition coefficient (Wildman–Crippen LogP) is 5.72. The standard InChI is InChI=1S/C28H25ClN2O5/c1-2-3-12-33-20-8-4-6-18(13-20)27-23-11-10-22(15-25(23)36-28(31)24(27)16-30)35-26(32)17-34-21-9-5-7-19(29)14-21/h4-11,13-15,27H,2-3,12,17,31H2,1H3. The minimum absolute atomic E-state index is 0.0000653. The van der Waals surface area contributed by atoms with Gasteiger partial charge in [-0.3, -0.25) is 0 Å². The van der Waals surface area contributed by atoms with Crippen LogP contribution in [0.2, 0.25) is 5.02 Å². The van der Waals surface area contributed by atoms with Crippen molar-refractivity contribution < 1.29 is 23.7 Å². The van der Waals surface area contributed by atoms with Gasteiger partial charge in [-0.05, 0) is 48.4 Å². The van der Waals surface area contributed by atoms with Crippen molar-refractivity contribution >= 4 is 17.6 Å². The van der Waals surface area contributed by atoms with Gasteiger partial charge in [0.1, 0.15) is 34.6 Å². The number of rotatable bonds is 9. The topological polar surface area (TPSA) is 104 Å². The Hall–Kier alpha value is -4.15. The van der Waals surface area contributed by atoms with E-state index in [1.165, 1.54) is 0 Å². The molecular weight excluding hydrogens is 480 g/mol. The first kappa shape index (κ1) is 25.0. The van der Waals surface area contributed by atoms with Crippen molar-refractivity contribution in [1.29, 1.82) is 5.26 Å². The van der Waals surface area contributed by atoms with Gasteiger partial charge in [-0.2, -0.15) is 5.26 Å². The number of carbonyl (C=O) groups is 1. The van der Waals surface area contributed by atoms with Crippen molar-refractivity contribution in [3.8, 4) is 29.1 Å². The van der Waals surface area contributed by atoms with E-state index in [0.717, 1.165) is 29.7 Å². The summed E-state index contributed by atoms with van der Waals surface area (Å²) in [4.78, 5) is 12.3. The lowest BCUT2D eigenvalue weighted by Gasteiger charge is -2.27. The number of benzene rings is 3. The van der Waals surface area contributed by atoms with Crippen LogP contribution in [-0.2, 0) is 4.79 Å². The van der Waals surface area contributed by atoms with Gasteiger partial charge >= 0.3 is 5.97 Å². The summed E-state index contributed by atoms with van der Waals surface area (Å²) in [6.07, 6.45) is 1.98. The molecule has 36 heavy (non-hydrogen) atoms. The molecule has 4 rings (SSSR count). The van der Waals surface area contributed by atoms with Gasteiger partial charge in [-0.1, -0.05) is 49.2 Å². The second-order valence-corrected chi connectivity index (χ2v) is 8.56. The molecule has 0 bridgehead atoms. The minimum Gasteiger partial charge on any atom is -0.494 e. The van der Waals surface area contributed by atoms with Crippen LogP contribution < -0.4 is 24.7 Å². The molecule has 1 aliphatic heterocycles. The Kier molecular flexibility index (Phi) is 7.99. The normalized spacial score (nSPS) is 14.3. The number of unbranched alkanes of at least 4 members (excludes halogenated alkanes) is 1. The molecule has 7 nitrogen and oxygen atoms in total. The highest BCUT2D eigenvalue weighted by Crippen LogP contribution is 2.44. The average molecular weight is 505 g/mol. The van der Waals surface area contributed by atoms with Crippen LogP contribution in [0.4, 0.5) is 0 Å². The van der Waals surface area contributed by atoms with E-state index in [0.29, 0.717) is 28.7 Å². The smallest absolute Gasteiger partial charge is 0.349 e. The second kappa shape index (κ2) is 11.5. The zero-order chi connectivity index (χ0) is 25.5. The van der Waals surface area contributed by atoms with Crippen LogP contribution in [0.3, 0.4) is 0 Å². The zero-order valence-corrected chi connectivity index (χ0v) is 20.5. The van der Waals surface area contributed by atoms with Crippen molar-refractivity contribution in [3.05, 3.63) is 94.3 Å². The van der Waals surface area contributed by atoms with Gasteiger partial charge in [0.2, 0.25) is 5.88 Å². The van der Waals surface area contributed by atoms with Gasteiger partial charge < -0.3 is 24.7 Å². The number of esters is 1. The monoisotopic (exact) mass is 504 g/mol. The molecule has 0 spiro atoms. The molecule has 0 amide bonds. The predicted molar refractivity (Wildman–Crippen MR) is 135 cm³/mol. The van der Waals surface area contributed by atoms with Gasteiger partial charge in [0.05, 0.1) is 12.5 Å². The first-order valence-electron chi connectivity index (χ1n) is 11.5. The Balaban J connectivity index is 1.53. The first-order valence-corrected chi connectivity index (χ1v) is 11.9. The molecule has 1 atom stereocenters. The summed E-state index contributed by atoms with van der Waals surface area (Å²) in [5.74, 6) is 0.783. The Labute approximate surface area is 214 Å². The molecule has 1 aliphatic rings. The lowest BCUT2D eigenvalue weighted by atomic mass is 9.83. The highest BCUT2D eigenvalue weighted by Gasteiger charge is 2.31. The molecule has 0 radical (unpaired) electrons. The number of hydrogen-bond acceptors (Lipinski definition) is 7. The molecule has 0 aliphatic carbocycles. The average Bonchev–Trinajstić information content (AvgIpc) is 2.87. The van der Waals surface area contributed by atoms with Gasteiger partial charge in [-0.15, -0.1) is 0 Å². The lowest BCUT2D eigenvalue weighted by Crippen LogP contribution is -2.21. The van der Waals surface area contributed by atoms with Gasteiger partial charge in [0.15, 0.2) is 6.61 Å². The van der Waals surface area contributed by atoms with E-state index in [1.54, 1.807) is 42.5 Å². The highest BCUT2D eigenvalue weighted by atomic mass is 35.5. The van der Waals surface area contributed by atoms with Crippen LogP contribution in [0.5, 0.6) is 23.0 Å². The van der Waals surface area contributed by atoms with Crippen molar-refractivity contribution in [2.24, 2.45) is 5.73 Å². The summed E-state index contributed by atoms with van der Waals surface area (Å²) >= 11 is 5.93. The molecule has 0 saturated carbocycles. The van der Waals surface area contributed by atoms with Crippen molar-refractivity contribution in [3.63, 3.8) is 0 Å². The summed E-state index contributed by atoms with van der Waals surface area (Å²) in [7, 11) is 0. The first-order chi connectivity index (χ1) is 17.5. The van der Waals surface area contributed by atoms with E-state index in [2.05, 4.69) is 13.0 Å². The van der Waals surface area contributed by atoms with E-state index in [9.17, 15) is 10.1 Å². The summed E-state index contributed by atoms with van der Waals surface area (Å²) in [5, 5.41) is 10.3. The van der Waals surface area contributed by atoms with Crippen LogP contribution in [0.25, 0.3) is 0 Å². The number of nitriles is 1. The molecule has 1 unspecified atom stereocenters. The Morgan fingerprint density at radius 1 is 1.06 bits per heavy atom. The number of allylic oxidation sites excluding steroid dienone is 1. The molecule has 0 fully saturated rings. The fourth-order valence-electron chi connectivity index (χ4n) is 3.82. The third-order valence-electron chi connectivity index (χ3n) is 5.53. The Bertz CT molecular complexity index is 1330. The van der Waals surface area contributed by atoms with Crippen molar-refractivity contribution in [2.45, 2.75) is 25.7 Å². The number of ether oxygens (including phenoxy) is 4. The molecule has 0 saturated heterocycles. The molecule has 2 N–H and O–H groups in total. The maximum absolute atomic E-state index is 12.3. The Morgan fingerprint density at radius 2 is 1.83 bits per heavy atom. The van der Waals surface area contributed by atoms with Crippen LogP contribution in [0, 0.1) is 11.3 Å². The largest absolute Gasteiger partial charge is 0.494 e. The molecule has 1 heterocycles. The maximum atomic E-state index is 12.3. The second-order valence-electron chi connectivity index (χ2n) is 8.12. The van der Waals surface area contributed by atoms with E-state index >= 15 is 0 Å². The van der Waals surface area contributed by atoms with Crippen LogP contribution in [-0.4, -0.2) is 19.2 Å². The number of carbonyl (C=O) groups excluding carboxylic acids is 1. The van der Waals surface area contributed by atoms with Gasteiger partial charge in [0, 0.05) is 16.7 Å². The summed E-state index contributed by atoms with van der Waals surface area (Å²) in [5.41, 5.74) is 7.97. The van der Waals surface area contributed by atoms with Crippen molar-refractivity contribution in [1.82, 2.24) is 0 Å². The van der Waals surface area contributed by atoms with Crippen LogP contribution >= 0.6 is 11.6 Å². The molecule has 3 aromatic carbocycles. The number of fused-ring (bicyclic) bond motifs is 1. The van der Waals surface area contributed by atoms with E-state index < -0.39 is 11.9 Å². The fraction of sp³-hybridized carbons (Fsp3) is 0.214.